The Bertz CT molecular complexity index is 1100. The Kier molecular flexibility index (Phi) is 7.15. The minimum atomic E-state index is -5.03. The van der Waals surface area contributed by atoms with Crippen LogP contribution in [0.3, 0.4) is 0 Å². The molecule has 0 aliphatic heterocycles. The highest BCUT2D eigenvalue weighted by atomic mass is 79.9. The van der Waals surface area contributed by atoms with E-state index in [-0.39, 0.29) is 17.5 Å². The van der Waals surface area contributed by atoms with Crippen molar-refractivity contribution in [1.29, 1.82) is 0 Å². The summed E-state index contributed by atoms with van der Waals surface area (Å²) in [6, 6.07) is 15.1. The van der Waals surface area contributed by atoms with Gasteiger partial charge in [0, 0.05) is 4.47 Å². The molecule has 0 heterocycles. The maximum absolute atomic E-state index is 12.8. The highest BCUT2D eigenvalue weighted by molar-refractivity contribution is 9.10. The van der Waals surface area contributed by atoms with E-state index >= 15 is 0 Å². The van der Waals surface area contributed by atoms with E-state index in [1.165, 1.54) is 24.3 Å². The van der Waals surface area contributed by atoms with Crippen LogP contribution in [0.2, 0.25) is 0 Å². The first-order valence-electron chi connectivity index (χ1n) is 9.49. The van der Waals surface area contributed by atoms with Gasteiger partial charge in [0.2, 0.25) is 0 Å². The molecule has 180 valence electrons. The molecular formula is C23H15BrF6O4. The zero-order chi connectivity index (χ0) is 25.1. The largest absolute Gasteiger partial charge is 0.573 e. The maximum atomic E-state index is 12.8. The number of carboxylic acids is 1. The van der Waals surface area contributed by atoms with Gasteiger partial charge in [-0.05, 0) is 59.5 Å². The first kappa shape index (κ1) is 25.4. The van der Waals surface area contributed by atoms with E-state index in [0.29, 0.717) is 10.0 Å². The van der Waals surface area contributed by atoms with Crippen LogP contribution in [-0.4, -0.2) is 23.8 Å². The van der Waals surface area contributed by atoms with Crippen molar-refractivity contribution in [3.63, 3.8) is 0 Å². The second-order valence-electron chi connectivity index (χ2n) is 7.16. The smallest absolute Gasteiger partial charge is 0.480 e. The van der Waals surface area contributed by atoms with Gasteiger partial charge in [-0.25, -0.2) is 0 Å². The minimum absolute atomic E-state index is 0.131. The fourth-order valence-electron chi connectivity index (χ4n) is 3.52. The lowest BCUT2D eigenvalue weighted by Crippen LogP contribution is -2.39. The number of aliphatic carboxylic acids is 1. The number of alkyl halides is 6. The first-order chi connectivity index (χ1) is 15.8. The molecule has 0 bridgehead atoms. The van der Waals surface area contributed by atoms with Crippen LogP contribution in [0.4, 0.5) is 26.3 Å². The molecule has 34 heavy (non-hydrogen) atoms. The molecule has 0 amide bonds. The minimum Gasteiger partial charge on any atom is -0.480 e. The van der Waals surface area contributed by atoms with Crippen molar-refractivity contribution >= 4 is 21.9 Å². The van der Waals surface area contributed by atoms with Gasteiger partial charge in [0.25, 0.3) is 0 Å². The van der Waals surface area contributed by atoms with Crippen molar-refractivity contribution in [3.8, 4) is 11.5 Å². The van der Waals surface area contributed by atoms with E-state index in [2.05, 4.69) is 25.4 Å². The first-order valence-corrected chi connectivity index (χ1v) is 10.3. The summed E-state index contributed by atoms with van der Waals surface area (Å²) in [5.74, 6) is -2.84. The number of carbonyl (C=O) groups is 1. The average molecular weight is 549 g/mol. The van der Waals surface area contributed by atoms with Crippen LogP contribution in [0.5, 0.6) is 11.5 Å². The summed E-state index contributed by atoms with van der Waals surface area (Å²) in [6.45, 7) is 0. The summed E-state index contributed by atoms with van der Waals surface area (Å²) < 4.78 is 85.2. The standard InChI is InChI=1S/C23H15BrF6O4/c24-17-9-7-14(8-10-17)13-21(20(31)32,15-3-1-5-18(11-15)33-22(25,26)27)16-4-2-6-19(12-16)34-23(28,29)30/h1-12H,13H2,(H,31,32). The van der Waals surface area contributed by atoms with Gasteiger partial charge in [0.15, 0.2) is 0 Å². The Balaban J connectivity index is 2.22. The number of carboxylic acid groups (broad SMARTS) is 1. The lowest BCUT2D eigenvalue weighted by Gasteiger charge is -2.31. The molecule has 0 radical (unpaired) electrons. The van der Waals surface area contributed by atoms with E-state index in [4.69, 9.17) is 0 Å². The zero-order valence-electron chi connectivity index (χ0n) is 17.0. The van der Waals surface area contributed by atoms with Crippen molar-refractivity contribution in [2.24, 2.45) is 0 Å². The number of hydrogen-bond acceptors (Lipinski definition) is 3. The molecule has 0 aromatic heterocycles. The van der Waals surface area contributed by atoms with Crippen molar-refractivity contribution in [2.45, 2.75) is 24.6 Å². The summed E-state index contributed by atoms with van der Waals surface area (Å²) in [4.78, 5) is 12.8. The Labute approximate surface area is 197 Å². The fourth-order valence-corrected chi connectivity index (χ4v) is 3.78. The molecule has 0 atom stereocenters. The molecule has 0 saturated carbocycles. The zero-order valence-corrected chi connectivity index (χ0v) is 18.5. The quantitative estimate of drug-likeness (QED) is 0.328. The van der Waals surface area contributed by atoms with Gasteiger partial charge in [-0.2, -0.15) is 0 Å². The van der Waals surface area contributed by atoms with Crippen LogP contribution in [0.15, 0.2) is 77.3 Å². The highest BCUT2D eigenvalue weighted by Gasteiger charge is 2.44. The van der Waals surface area contributed by atoms with Crippen LogP contribution < -0.4 is 9.47 Å². The summed E-state index contributed by atoms with van der Waals surface area (Å²) in [5, 5.41) is 10.4. The number of rotatable bonds is 7. The second kappa shape index (κ2) is 9.57. The van der Waals surface area contributed by atoms with Gasteiger partial charge in [-0.1, -0.05) is 52.3 Å². The van der Waals surface area contributed by atoms with E-state index in [9.17, 15) is 36.2 Å². The molecule has 0 unspecified atom stereocenters. The summed E-state index contributed by atoms with van der Waals surface area (Å²) in [6.07, 6.45) is -10.4. The molecule has 11 heteroatoms. The molecular weight excluding hydrogens is 534 g/mol. The molecule has 0 aliphatic carbocycles. The Morgan fingerprint density at radius 2 is 1.21 bits per heavy atom. The van der Waals surface area contributed by atoms with Gasteiger partial charge in [-0.15, -0.1) is 26.3 Å². The molecule has 1 N–H and O–H groups in total. The number of ether oxygens (including phenoxy) is 2. The van der Waals surface area contributed by atoms with Crippen LogP contribution in [0.1, 0.15) is 16.7 Å². The monoisotopic (exact) mass is 548 g/mol. The lowest BCUT2D eigenvalue weighted by atomic mass is 9.70. The molecule has 3 aromatic rings. The van der Waals surface area contributed by atoms with Crippen LogP contribution in [-0.2, 0) is 16.6 Å². The predicted octanol–water partition coefficient (Wildman–Crippen LogP) is 6.86. The third-order valence-electron chi connectivity index (χ3n) is 4.87. The Hall–Kier alpha value is -3.21. The van der Waals surface area contributed by atoms with E-state index in [1.807, 2.05) is 0 Å². The molecule has 0 spiro atoms. The SMILES string of the molecule is O=C(O)C(Cc1ccc(Br)cc1)(c1cccc(OC(F)(F)F)c1)c1cccc(OC(F)(F)F)c1. The maximum Gasteiger partial charge on any atom is 0.573 e. The third-order valence-corrected chi connectivity index (χ3v) is 5.40. The highest BCUT2D eigenvalue weighted by Crippen LogP contribution is 2.40. The Morgan fingerprint density at radius 3 is 1.59 bits per heavy atom. The molecule has 4 nitrogen and oxygen atoms in total. The van der Waals surface area contributed by atoms with E-state index < -0.39 is 35.6 Å². The van der Waals surface area contributed by atoms with Crippen molar-refractivity contribution < 1.29 is 45.7 Å². The van der Waals surface area contributed by atoms with Crippen molar-refractivity contribution in [1.82, 2.24) is 0 Å². The molecule has 3 aromatic carbocycles. The van der Waals surface area contributed by atoms with Gasteiger partial charge >= 0.3 is 18.7 Å². The molecule has 0 fully saturated rings. The van der Waals surface area contributed by atoms with E-state index in [1.54, 1.807) is 24.3 Å². The number of hydrogen-bond donors (Lipinski definition) is 1. The normalized spacial score (nSPS) is 12.3. The predicted molar refractivity (Wildman–Crippen MR) is 113 cm³/mol. The average Bonchev–Trinajstić information content (AvgIpc) is 2.71. The summed E-state index contributed by atoms with van der Waals surface area (Å²) in [5.41, 5.74) is -1.87. The second-order valence-corrected chi connectivity index (χ2v) is 8.08. The van der Waals surface area contributed by atoms with Gasteiger partial charge in [0.1, 0.15) is 16.9 Å². The topological polar surface area (TPSA) is 55.8 Å². The van der Waals surface area contributed by atoms with Gasteiger partial charge in [-0.3, -0.25) is 4.79 Å². The van der Waals surface area contributed by atoms with E-state index in [0.717, 1.165) is 24.3 Å². The van der Waals surface area contributed by atoms with Crippen molar-refractivity contribution in [2.75, 3.05) is 0 Å². The molecule has 0 saturated heterocycles. The Morgan fingerprint density at radius 1 is 0.765 bits per heavy atom. The number of benzene rings is 3. The third kappa shape index (κ3) is 6.22. The molecule has 0 aliphatic rings. The molecule has 3 rings (SSSR count). The van der Waals surface area contributed by atoms with Gasteiger partial charge in [0.05, 0.1) is 0 Å². The number of halogens is 7. The summed E-state index contributed by atoms with van der Waals surface area (Å²) >= 11 is 3.26. The van der Waals surface area contributed by atoms with Crippen LogP contribution in [0.25, 0.3) is 0 Å². The lowest BCUT2D eigenvalue weighted by molar-refractivity contribution is -0.275. The van der Waals surface area contributed by atoms with Crippen LogP contribution in [0, 0.1) is 0 Å². The fraction of sp³-hybridized carbons (Fsp3) is 0.174. The van der Waals surface area contributed by atoms with Crippen LogP contribution >= 0.6 is 15.9 Å². The van der Waals surface area contributed by atoms with Crippen molar-refractivity contribution in [3.05, 3.63) is 94.0 Å². The van der Waals surface area contributed by atoms with Gasteiger partial charge < -0.3 is 14.6 Å². The summed E-state index contributed by atoms with van der Waals surface area (Å²) in [7, 11) is 0.